The van der Waals surface area contributed by atoms with E-state index in [0.717, 1.165) is 61.8 Å². The first-order valence-corrected chi connectivity index (χ1v) is 11.7. The Morgan fingerprint density at radius 1 is 1.00 bits per heavy atom. The summed E-state index contributed by atoms with van der Waals surface area (Å²) in [6.07, 6.45) is 12.7. The third-order valence-electron chi connectivity index (χ3n) is 7.08. The molecule has 2 saturated carbocycles. The van der Waals surface area contributed by atoms with Crippen LogP contribution in [0.15, 0.2) is 18.3 Å². The number of fused-ring (bicyclic) bond motifs is 1. The van der Waals surface area contributed by atoms with Gasteiger partial charge in [0.2, 0.25) is 5.88 Å². The molecule has 162 valence electrons. The van der Waals surface area contributed by atoms with Gasteiger partial charge in [0.1, 0.15) is 5.82 Å². The highest BCUT2D eigenvalue weighted by molar-refractivity contribution is 5.84. The Morgan fingerprint density at radius 2 is 1.73 bits per heavy atom. The Balaban J connectivity index is 1.19. The summed E-state index contributed by atoms with van der Waals surface area (Å²) in [5.41, 5.74) is 0.892. The maximum Gasteiger partial charge on any atom is 0.414 e. The number of rotatable bonds is 4. The lowest BCUT2D eigenvalue weighted by Gasteiger charge is -2.38. The molecular formula is C23H33N5O2. The molecule has 7 nitrogen and oxygen atoms in total. The van der Waals surface area contributed by atoms with Gasteiger partial charge in [-0.3, -0.25) is 4.90 Å². The topological polar surface area (TPSA) is 73.5 Å². The number of ether oxygens (including phenoxy) is 1. The minimum absolute atomic E-state index is 0.242. The normalized spacial score (nSPS) is 21.9. The quantitative estimate of drug-likeness (QED) is 0.794. The van der Waals surface area contributed by atoms with Gasteiger partial charge in [0.05, 0.1) is 11.7 Å². The van der Waals surface area contributed by atoms with Crippen LogP contribution in [0.3, 0.4) is 0 Å². The molecule has 1 amide bonds. The zero-order chi connectivity index (χ0) is 20.3. The predicted octanol–water partition coefficient (Wildman–Crippen LogP) is 4.05. The van der Waals surface area contributed by atoms with Crippen LogP contribution >= 0.6 is 0 Å². The monoisotopic (exact) mass is 411 g/mol. The fourth-order valence-corrected chi connectivity index (χ4v) is 5.35. The molecule has 0 aromatic carbocycles. The van der Waals surface area contributed by atoms with Crippen molar-refractivity contribution in [3.63, 3.8) is 0 Å². The Morgan fingerprint density at radius 3 is 2.50 bits per heavy atom. The minimum Gasteiger partial charge on any atom is -0.393 e. The first kappa shape index (κ1) is 19.7. The van der Waals surface area contributed by atoms with Crippen molar-refractivity contribution in [2.24, 2.45) is 0 Å². The van der Waals surface area contributed by atoms with Crippen molar-refractivity contribution >= 4 is 22.8 Å². The van der Waals surface area contributed by atoms with E-state index >= 15 is 0 Å². The molecule has 30 heavy (non-hydrogen) atoms. The van der Waals surface area contributed by atoms with Crippen molar-refractivity contribution in [3.05, 3.63) is 18.3 Å². The van der Waals surface area contributed by atoms with Crippen molar-refractivity contribution in [1.82, 2.24) is 20.2 Å². The number of aromatic amines is 1. The number of H-pyrrole nitrogens is 1. The lowest BCUT2D eigenvalue weighted by molar-refractivity contribution is 0.187. The SMILES string of the molecule is O=C(NC1CCCCC1)Oc1cc2cc(N3CCN(C4CCCC4)CC3)ncc2[nH]1. The van der Waals surface area contributed by atoms with Gasteiger partial charge in [0.25, 0.3) is 0 Å². The van der Waals surface area contributed by atoms with Crippen LogP contribution in [0, 0.1) is 0 Å². The first-order chi connectivity index (χ1) is 14.7. The van der Waals surface area contributed by atoms with E-state index in [4.69, 9.17) is 4.74 Å². The summed E-state index contributed by atoms with van der Waals surface area (Å²) in [6, 6.07) is 5.04. The van der Waals surface area contributed by atoms with Crippen molar-refractivity contribution < 1.29 is 9.53 Å². The Kier molecular flexibility index (Phi) is 5.79. The molecule has 0 unspecified atom stereocenters. The Labute approximate surface area is 178 Å². The van der Waals surface area contributed by atoms with E-state index in [9.17, 15) is 4.79 Å². The summed E-state index contributed by atoms with van der Waals surface area (Å²) >= 11 is 0. The van der Waals surface area contributed by atoms with E-state index in [1.165, 1.54) is 44.9 Å². The number of hydrogen-bond donors (Lipinski definition) is 2. The summed E-state index contributed by atoms with van der Waals surface area (Å²) in [6.45, 7) is 4.28. The second-order valence-electron chi connectivity index (χ2n) is 9.09. The van der Waals surface area contributed by atoms with Gasteiger partial charge in [-0.25, -0.2) is 9.78 Å². The molecular weight excluding hydrogens is 378 g/mol. The molecule has 1 saturated heterocycles. The summed E-state index contributed by atoms with van der Waals surface area (Å²) in [7, 11) is 0. The molecule has 5 rings (SSSR count). The maximum absolute atomic E-state index is 12.2. The molecule has 3 fully saturated rings. The molecule has 1 aliphatic heterocycles. The molecule has 0 atom stereocenters. The number of amides is 1. The van der Waals surface area contributed by atoms with Crippen LogP contribution in [0.2, 0.25) is 0 Å². The molecule has 2 aromatic heterocycles. The number of aromatic nitrogens is 2. The molecule has 2 aliphatic carbocycles. The predicted molar refractivity (Wildman–Crippen MR) is 118 cm³/mol. The van der Waals surface area contributed by atoms with Crippen molar-refractivity contribution in [2.45, 2.75) is 69.9 Å². The molecule has 0 radical (unpaired) electrons. The maximum atomic E-state index is 12.2. The average molecular weight is 412 g/mol. The van der Waals surface area contributed by atoms with Crippen molar-refractivity contribution in [3.8, 4) is 5.88 Å². The molecule has 3 heterocycles. The van der Waals surface area contributed by atoms with Gasteiger partial charge in [-0.05, 0) is 31.7 Å². The Bertz CT molecular complexity index is 862. The zero-order valence-corrected chi connectivity index (χ0v) is 17.7. The largest absolute Gasteiger partial charge is 0.414 e. The molecule has 0 spiro atoms. The second-order valence-corrected chi connectivity index (χ2v) is 9.09. The van der Waals surface area contributed by atoms with Crippen LogP contribution in [0.1, 0.15) is 57.8 Å². The Hall–Kier alpha value is -2.28. The fourth-order valence-electron chi connectivity index (χ4n) is 5.35. The number of pyridine rings is 1. The molecule has 0 bridgehead atoms. The highest BCUT2D eigenvalue weighted by Gasteiger charge is 2.26. The van der Waals surface area contributed by atoms with Crippen molar-refractivity contribution in [2.75, 3.05) is 31.1 Å². The van der Waals surface area contributed by atoms with Gasteiger partial charge in [0, 0.05) is 49.7 Å². The number of piperazine rings is 1. The van der Waals surface area contributed by atoms with Gasteiger partial charge in [-0.15, -0.1) is 0 Å². The summed E-state index contributed by atoms with van der Waals surface area (Å²) in [5, 5.41) is 4.02. The van der Waals surface area contributed by atoms with E-state index in [1.807, 2.05) is 12.3 Å². The van der Waals surface area contributed by atoms with E-state index < -0.39 is 0 Å². The fraction of sp³-hybridized carbons (Fsp3) is 0.652. The van der Waals surface area contributed by atoms with Gasteiger partial charge >= 0.3 is 6.09 Å². The third-order valence-corrected chi connectivity index (χ3v) is 7.08. The van der Waals surface area contributed by atoms with E-state index in [2.05, 4.69) is 31.2 Å². The minimum atomic E-state index is -0.371. The summed E-state index contributed by atoms with van der Waals surface area (Å²) < 4.78 is 5.50. The van der Waals surface area contributed by atoms with Crippen LogP contribution in [0.4, 0.5) is 10.6 Å². The number of anilines is 1. The smallest absolute Gasteiger partial charge is 0.393 e. The molecule has 2 N–H and O–H groups in total. The number of carbonyl (C=O) groups is 1. The average Bonchev–Trinajstić information content (AvgIpc) is 3.43. The molecule has 3 aliphatic rings. The van der Waals surface area contributed by atoms with Crippen LogP contribution in [-0.2, 0) is 0 Å². The van der Waals surface area contributed by atoms with Gasteiger partial charge in [0.15, 0.2) is 0 Å². The summed E-state index contributed by atoms with van der Waals surface area (Å²) in [4.78, 5) is 25.1. The van der Waals surface area contributed by atoms with Crippen molar-refractivity contribution in [1.29, 1.82) is 0 Å². The van der Waals surface area contributed by atoms with Crippen LogP contribution in [0.25, 0.3) is 10.9 Å². The lowest BCUT2D eigenvalue weighted by Crippen LogP contribution is -2.49. The lowest BCUT2D eigenvalue weighted by atomic mass is 9.96. The van der Waals surface area contributed by atoms with Crippen LogP contribution in [0.5, 0.6) is 5.88 Å². The van der Waals surface area contributed by atoms with E-state index in [0.29, 0.717) is 5.88 Å². The van der Waals surface area contributed by atoms with Crippen LogP contribution < -0.4 is 15.0 Å². The number of nitrogens with one attached hydrogen (secondary N) is 2. The first-order valence-electron chi connectivity index (χ1n) is 11.7. The van der Waals surface area contributed by atoms with E-state index in [-0.39, 0.29) is 12.1 Å². The number of hydrogen-bond acceptors (Lipinski definition) is 5. The van der Waals surface area contributed by atoms with Gasteiger partial charge in [-0.2, -0.15) is 0 Å². The third kappa shape index (κ3) is 4.41. The van der Waals surface area contributed by atoms with Gasteiger partial charge < -0.3 is 19.9 Å². The summed E-state index contributed by atoms with van der Waals surface area (Å²) in [5.74, 6) is 1.48. The second kappa shape index (κ2) is 8.84. The molecule has 2 aromatic rings. The van der Waals surface area contributed by atoms with E-state index in [1.54, 1.807) is 0 Å². The molecule has 7 heteroatoms. The highest BCUT2D eigenvalue weighted by Crippen LogP contribution is 2.27. The number of carbonyl (C=O) groups excluding carboxylic acids is 1. The zero-order valence-electron chi connectivity index (χ0n) is 17.7. The van der Waals surface area contributed by atoms with Crippen LogP contribution in [-0.4, -0.2) is 59.2 Å². The number of nitrogens with zero attached hydrogens (tertiary/aromatic N) is 3. The highest BCUT2D eigenvalue weighted by atomic mass is 16.6. The van der Waals surface area contributed by atoms with Gasteiger partial charge in [-0.1, -0.05) is 32.1 Å². The standard InChI is InChI=1S/C23H33N5O2/c29-23(25-18-6-2-1-3-7-18)30-22-15-17-14-21(24-16-20(17)26-22)28-12-10-27(11-13-28)19-8-4-5-9-19/h14-16,18-19,26H,1-13H2,(H,25,29).